The molecule has 0 aromatic carbocycles. The number of esters is 1. The average Bonchev–Trinajstić information content (AvgIpc) is 2.15. The van der Waals surface area contributed by atoms with E-state index in [0.717, 1.165) is 0 Å². The van der Waals surface area contributed by atoms with Crippen LogP contribution in [0.15, 0.2) is 11.8 Å². The molecule has 0 N–H and O–H groups in total. The first kappa shape index (κ1) is 7.12. The van der Waals surface area contributed by atoms with Gasteiger partial charge in [0.05, 0.1) is 6.10 Å². The standard InChI is InChI=1S/C7H10O3/c1-5(2)10-6-3-4-9-7(6)8/h3,5H,4H2,1-2H3. The highest BCUT2D eigenvalue weighted by molar-refractivity contribution is 5.88. The fraction of sp³-hybridized carbons (Fsp3) is 0.571. The van der Waals surface area contributed by atoms with Gasteiger partial charge < -0.3 is 9.47 Å². The number of rotatable bonds is 2. The number of carbonyl (C=O) groups excluding carboxylic acids is 1. The van der Waals surface area contributed by atoms with Crippen molar-refractivity contribution in [3.05, 3.63) is 11.8 Å². The molecule has 3 heteroatoms. The topological polar surface area (TPSA) is 35.5 Å². The molecule has 0 atom stereocenters. The van der Waals surface area contributed by atoms with Crippen LogP contribution in [0.2, 0.25) is 0 Å². The first-order chi connectivity index (χ1) is 4.70. The van der Waals surface area contributed by atoms with E-state index in [-0.39, 0.29) is 12.1 Å². The third-order valence-corrected chi connectivity index (χ3v) is 1.05. The van der Waals surface area contributed by atoms with Crippen LogP contribution in [-0.2, 0) is 14.3 Å². The highest BCUT2D eigenvalue weighted by Gasteiger charge is 2.18. The molecule has 1 aliphatic rings. The lowest BCUT2D eigenvalue weighted by molar-refractivity contribution is -0.140. The van der Waals surface area contributed by atoms with Gasteiger partial charge in [-0.15, -0.1) is 0 Å². The Morgan fingerprint density at radius 1 is 1.70 bits per heavy atom. The van der Waals surface area contributed by atoms with Gasteiger partial charge in [-0.25, -0.2) is 4.79 Å². The van der Waals surface area contributed by atoms with Crippen molar-refractivity contribution in [2.24, 2.45) is 0 Å². The Bertz CT molecular complexity index is 170. The Morgan fingerprint density at radius 2 is 2.40 bits per heavy atom. The summed E-state index contributed by atoms with van der Waals surface area (Å²) in [6.45, 7) is 4.08. The summed E-state index contributed by atoms with van der Waals surface area (Å²) in [7, 11) is 0. The largest absolute Gasteiger partial charge is 0.484 e. The number of hydrogen-bond donors (Lipinski definition) is 0. The fourth-order valence-corrected chi connectivity index (χ4v) is 0.698. The zero-order valence-electron chi connectivity index (χ0n) is 6.09. The van der Waals surface area contributed by atoms with E-state index in [1.165, 1.54) is 0 Å². The highest BCUT2D eigenvalue weighted by atomic mass is 16.6. The van der Waals surface area contributed by atoms with Crippen LogP contribution in [0.3, 0.4) is 0 Å². The summed E-state index contributed by atoms with van der Waals surface area (Å²) in [6, 6.07) is 0. The lowest BCUT2D eigenvalue weighted by atomic mass is 10.4. The summed E-state index contributed by atoms with van der Waals surface area (Å²) in [4.78, 5) is 10.7. The third-order valence-electron chi connectivity index (χ3n) is 1.05. The maximum atomic E-state index is 10.7. The molecular weight excluding hydrogens is 132 g/mol. The van der Waals surface area contributed by atoms with Crippen molar-refractivity contribution in [2.45, 2.75) is 20.0 Å². The Balaban J connectivity index is 2.48. The van der Waals surface area contributed by atoms with Crippen molar-refractivity contribution in [1.82, 2.24) is 0 Å². The monoisotopic (exact) mass is 142 g/mol. The van der Waals surface area contributed by atoms with Gasteiger partial charge in [0.2, 0.25) is 5.76 Å². The minimum atomic E-state index is -0.353. The lowest BCUT2D eigenvalue weighted by Gasteiger charge is -2.06. The molecule has 1 rings (SSSR count). The zero-order chi connectivity index (χ0) is 7.56. The predicted molar refractivity (Wildman–Crippen MR) is 35.3 cm³/mol. The predicted octanol–water partition coefficient (Wildman–Crippen LogP) is 0.852. The normalized spacial score (nSPS) is 17.1. The molecule has 1 aliphatic heterocycles. The van der Waals surface area contributed by atoms with Crippen LogP contribution >= 0.6 is 0 Å². The Kier molecular flexibility index (Phi) is 1.94. The molecule has 1 heterocycles. The molecule has 0 aliphatic carbocycles. The van der Waals surface area contributed by atoms with E-state index in [2.05, 4.69) is 4.74 Å². The molecule has 0 unspecified atom stereocenters. The molecule has 0 saturated carbocycles. The molecule has 0 aromatic rings. The summed E-state index contributed by atoms with van der Waals surface area (Å²) < 4.78 is 9.72. The molecule has 0 radical (unpaired) electrons. The summed E-state index contributed by atoms with van der Waals surface area (Å²) in [6.07, 6.45) is 1.68. The summed E-state index contributed by atoms with van der Waals surface area (Å²) in [5, 5.41) is 0. The minimum absolute atomic E-state index is 0.0388. The van der Waals surface area contributed by atoms with Gasteiger partial charge in [-0.05, 0) is 13.8 Å². The average molecular weight is 142 g/mol. The van der Waals surface area contributed by atoms with Crippen LogP contribution in [0.4, 0.5) is 0 Å². The second-order valence-corrected chi connectivity index (χ2v) is 2.33. The summed E-state index contributed by atoms with van der Waals surface area (Å²) >= 11 is 0. The fourth-order valence-electron chi connectivity index (χ4n) is 0.698. The van der Waals surface area contributed by atoms with Gasteiger partial charge in [-0.2, -0.15) is 0 Å². The molecule has 3 nitrogen and oxygen atoms in total. The Labute approximate surface area is 59.6 Å². The van der Waals surface area contributed by atoms with Gasteiger partial charge in [0.1, 0.15) is 6.61 Å². The number of cyclic esters (lactones) is 1. The van der Waals surface area contributed by atoms with E-state index >= 15 is 0 Å². The molecule has 10 heavy (non-hydrogen) atoms. The van der Waals surface area contributed by atoms with Crippen molar-refractivity contribution in [1.29, 1.82) is 0 Å². The Morgan fingerprint density at radius 3 is 2.80 bits per heavy atom. The smallest absolute Gasteiger partial charge is 0.373 e. The van der Waals surface area contributed by atoms with E-state index in [1.54, 1.807) is 6.08 Å². The molecule has 0 aromatic heterocycles. The molecule has 0 saturated heterocycles. The van der Waals surface area contributed by atoms with Gasteiger partial charge in [-0.3, -0.25) is 0 Å². The third kappa shape index (κ3) is 1.50. The van der Waals surface area contributed by atoms with E-state index in [9.17, 15) is 4.79 Å². The van der Waals surface area contributed by atoms with Crippen LogP contribution in [-0.4, -0.2) is 18.7 Å². The van der Waals surface area contributed by atoms with Gasteiger partial charge in [0.15, 0.2) is 0 Å². The quantitative estimate of drug-likeness (QED) is 0.536. The highest BCUT2D eigenvalue weighted by Crippen LogP contribution is 2.09. The van der Waals surface area contributed by atoms with E-state index in [4.69, 9.17) is 4.74 Å². The zero-order valence-corrected chi connectivity index (χ0v) is 6.09. The van der Waals surface area contributed by atoms with Crippen molar-refractivity contribution in [2.75, 3.05) is 6.61 Å². The maximum absolute atomic E-state index is 10.7. The first-order valence-electron chi connectivity index (χ1n) is 3.24. The minimum Gasteiger partial charge on any atom is -0.484 e. The van der Waals surface area contributed by atoms with Crippen LogP contribution in [0.5, 0.6) is 0 Å². The number of ether oxygens (including phenoxy) is 2. The molecular formula is C7H10O3. The Hall–Kier alpha value is -0.990. The molecule has 0 bridgehead atoms. The number of hydrogen-bond acceptors (Lipinski definition) is 3. The summed E-state index contributed by atoms with van der Waals surface area (Å²) in [5.41, 5.74) is 0. The van der Waals surface area contributed by atoms with E-state index in [0.29, 0.717) is 12.4 Å². The second kappa shape index (κ2) is 2.73. The van der Waals surface area contributed by atoms with Gasteiger partial charge in [-0.1, -0.05) is 0 Å². The van der Waals surface area contributed by atoms with Crippen LogP contribution < -0.4 is 0 Å². The van der Waals surface area contributed by atoms with Crippen molar-refractivity contribution in [3.63, 3.8) is 0 Å². The van der Waals surface area contributed by atoms with Gasteiger partial charge in [0, 0.05) is 6.08 Å². The van der Waals surface area contributed by atoms with Gasteiger partial charge in [0.25, 0.3) is 0 Å². The number of carbonyl (C=O) groups is 1. The first-order valence-corrected chi connectivity index (χ1v) is 3.24. The maximum Gasteiger partial charge on any atom is 0.373 e. The van der Waals surface area contributed by atoms with Crippen molar-refractivity contribution in [3.8, 4) is 0 Å². The van der Waals surface area contributed by atoms with Crippen LogP contribution in [0.1, 0.15) is 13.8 Å². The molecule has 0 fully saturated rings. The van der Waals surface area contributed by atoms with Crippen LogP contribution in [0, 0.1) is 0 Å². The summed E-state index contributed by atoms with van der Waals surface area (Å²) in [5.74, 6) is -0.0105. The van der Waals surface area contributed by atoms with Crippen molar-refractivity contribution >= 4 is 5.97 Å². The molecule has 56 valence electrons. The molecule has 0 spiro atoms. The SMILES string of the molecule is CC(C)OC1=CCOC1=O. The van der Waals surface area contributed by atoms with Crippen molar-refractivity contribution < 1.29 is 14.3 Å². The molecule has 0 amide bonds. The second-order valence-electron chi connectivity index (χ2n) is 2.33. The lowest BCUT2D eigenvalue weighted by Crippen LogP contribution is -2.08. The van der Waals surface area contributed by atoms with E-state index < -0.39 is 0 Å². The van der Waals surface area contributed by atoms with E-state index in [1.807, 2.05) is 13.8 Å². The van der Waals surface area contributed by atoms with Gasteiger partial charge >= 0.3 is 5.97 Å². The van der Waals surface area contributed by atoms with Crippen LogP contribution in [0.25, 0.3) is 0 Å².